The molecule has 106 valence electrons. The molecule has 2 fully saturated rings. The van der Waals surface area contributed by atoms with Crippen LogP contribution in [0.3, 0.4) is 0 Å². The first-order chi connectivity index (χ1) is 8.95. The molecular formula is C13H21N3O2S. The fourth-order valence-electron chi connectivity index (χ4n) is 3.84. The van der Waals surface area contributed by atoms with Crippen LogP contribution in [0.1, 0.15) is 32.6 Å². The van der Waals surface area contributed by atoms with Crippen molar-refractivity contribution in [3.8, 4) is 0 Å². The number of aromatic nitrogens is 2. The second kappa shape index (κ2) is 4.59. The van der Waals surface area contributed by atoms with Gasteiger partial charge < -0.3 is 0 Å². The van der Waals surface area contributed by atoms with E-state index in [4.69, 9.17) is 0 Å². The van der Waals surface area contributed by atoms with Gasteiger partial charge in [0, 0.05) is 19.3 Å². The van der Waals surface area contributed by atoms with Crippen molar-refractivity contribution in [3.63, 3.8) is 0 Å². The average molecular weight is 283 g/mol. The maximum atomic E-state index is 12.3. The van der Waals surface area contributed by atoms with Crippen molar-refractivity contribution in [1.82, 2.24) is 14.5 Å². The van der Waals surface area contributed by atoms with Crippen LogP contribution in [0.25, 0.3) is 0 Å². The van der Waals surface area contributed by atoms with Crippen molar-refractivity contribution in [2.45, 2.75) is 43.5 Å². The third-order valence-corrected chi connectivity index (χ3v) is 6.28. The topological polar surface area (TPSA) is 64.0 Å². The van der Waals surface area contributed by atoms with Crippen molar-refractivity contribution < 1.29 is 8.42 Å². The first-order valence-corrected chi connectivity index (χ1v) is 8.45. The SMILES string of the molecule is C[C@H](NS(=O)(=O)c1cnn(C)c1)[C@H]1C[C@@H]2CC[C@@H]1C2. The lowest BCUT2D eigenvalue weighted by atomic mass is 9.84. The molecule has 0 saturated heterocycles. The number of nitrogens with zero attached hydrogens (tertiary/aromatic N) is 2. The zero-order chi connectivity index (χ0) is 13.6. The number of rotatable bonds is 4. The van der Waals surface area contributed by atoms with Crippen LogP contribution in [0.5, 0.6) is 0 Å². The zero-order valence-corrected chi connectivity index (χ0v) is 12.2. The van der Waals surface area contributed by atoms with Crippen LogP contribution in [0.4, 0.5) is 0 Å². The maximum absolute atomic E-state index is 12.3. The van der Waals surface area contributed by atoms with Gasteiger partial charge in [0.15, 0.2) is 0 Å². The van der Waals surface area contributed by atoms with Gasteiger partial charge in [-0.1, -0.05) is 6.42 Å². The molecule has 5 nitrogen and oxygen atoms in total. The first kappa shape index (κ1) is 13.1. The van der Waals surface area contributed by atoms with Crippen LogP contribution in [0, 0.1) is 17.8 Å². The number of nitrogens with one attached hydrogen (secondary N) is 1. The molecule has 0 spiro atoms. The molecule has 1 heterocycles. The smallest absolute Gasteiger partial charge is 0.243 e. The highest BCUT2D eigenvalue weighted by atomic mass is 32.2. The largest absolute Gasteiger partial charge is 0.274 e. The van der Waals surface area contributed by atoms with E-state index in [1.165, 1.54) is 42.8 Å². The summed E-state index contributed by atoms with van der Waals surface area (Å²) >= 11 is 0. The van der Waals surface area contributed by atoms with Gasteiger partial charge in [-0.3, -0.25) is 4.68 Å². The Hall–Kier alpha value is -0.880. The number of hydrogen-bond acceptors (Lipinski definition) is 3. The second-order valence-electron chi connectivity index (χ2n) is 6.10. The van der Waals surface area contributed by atoms with Crippen molar-refractivity contribution >= 4 is 10.0 Å². The van der Waals surface area contributed by atoms with Crippen molar-refractivity contribution in [1.29, 1.82) is 0 Å². The molecule has 1 aromatic rings. The molecule has 2 bridgehead atoms. The van der Waals surface area contributed by atoms with Crippen LogP contribution in [0.15, 0.2) is 17.3 Å². The van der Waals surface area contributed by atoms with Crippen LogP contribution in [-0.2, 0) is 17.1 Å². The summed E-state index contributed by atoms with van der Waals surface area (Å²) in [5, 5.41) is 3.92. The Morgan fingerprint density at radius 3 is 2.74 bits per heavy atom. The monoisotopic (exact) mass is 283 g/mol. The lowest BCUT2D eigenvalue weighted by molar-refractivity contribution is 0.280. The molecule has 1 aromatic heterocycles. The Labute approximate surface area is 114 Å². The van der Waals surface area contributed by atoms with E-state index in [1.807, 2.05) is 6.92 Å². The summed E-state index contributed by atoms with van der Waals surface area (Å²) in [5.74, 6) is 2.06. The quantitative estimate of drug-likeness (QED) is 0.911. The standard InChI is InChI=1S/C13H21N3O2S/c1-9(13-6-10-3-4-11(13)5-10)15-19(17,18)12-7-14-16(2)8-12/h7-11,13,15H,3-6H2,1-2H3/t9-,10+,11+,13+/m0/s1. The number of hydrogen-bond donors (Lipinski definition) is 1. The van der Waals surface area contributed by atoms with Gasteiger partial charge in [0.05, 0.1) is 6.20 Å². The maximum Gasteiger partial charge on any atom is 0.243 e. The van der Waals surface area contributed by atoms with Gasteiger partial charge in [0.2, 0.25) is 10.0 Å². The Morgan fingerprint density at radius 1 is 1.42 bits per heavy atom. The minimum Gasteiger partial charge on any atom is -0.274 e. The normalized spacial score (nSPS) is 31.8. The molecule has 0 aromatic carbocycles. The Balaban J connectivity index is 1.71. The molecule has 1 N–H and O–H groups in total. The van der Waals surface area contributed by atoms with Crippen LogP contribution < -0.4 is 4.72 Å². The van der Waals surface area contributed by atoms with Gasteiger partial charge in [0.1, 0.15) is 4.90 Å². The molecule has 4 atom stereocenters. The predicted molar refractivity (Wildman–Crippen MR) is 71.9 cm³/mol. The Kier molecular flexibility index (Phi) is 3.17. The lowest BCUT2D eigenvalue weighted by Crippen LogP contribution is -2.39. The molecule has 2 aliphatic rings. The molecule has 3 rings (SSSR count). The van der Waals surface area contributed by atoms with E-state index in [1.54, 1.807) is 7.05 Å². The van der Waals surface area contributed by atoms with E-state index in [0.717, 1.165) is 11.8 Å². The summed E-state index contributed by atoms with van der Waals surface area (Å²) in [5.41, 5.74) is 0. The highest BCUT2D eigenvalue weighted by Gasteiger charge is 2.42. The van der Waals surface area contributed by atoms with Crippen molar-refractivity contribution in [2.24, 2.45) is 24.8 Å². The molecular weight excluding hydrogens is 262 g/mol. The third-order valence-electron chi connectivity index (χ3n) is 4.77. The molecule has 0 unspecified atom stereocenters. The highest BCUT2D eigenvalue weighted by molar-refractivity contribution is 7.89. The minimum atomic E-state index is -3.43. The fourth-order valence-corrected chi connectivity index (χ4v) is 5.12. The molecule has 19 heavy (non-hydrogen) atoms. The third kappa shape index (κ3) is 2.43. The minimum absolute atomic E-state index is 0.0144. The fraction of sp³-hybridized carbons (Fsp3) is 0.769. The van der Waals surface area contributed by atoms with Gasteiger partial charge in [-0.2, -0.15) is 5.10 Å². The molecule has 6 heteroatoms. The summed E-state index contributed by atoms with van der Waals surface area (Å²) in [6.07, 6.45) is 8.02. The van der Waals surface area contributed by atoms with Gasteiger partial charge in [-0.15, -0.1) is 0 Å². The Bertz CT molecular complexity index is 566. The lowest BCUT2D eigenvalue weighted by Gasteiger charge is -2.28. The van der Waals surface area contributed by atoms with E-state index >= 15 is 0 Å². The van der Waals surface area contributed by atoms with Gasteiger partial charge in [-0.25, -0.2) is 13.1 Å². The van der Waals surface area contributed by atoms with E-state index in [2.05, 4.69) is 9.82 Å². The van der Waals surface area contributed by atoms with Gasteiger partial charge in [-0.05, 0) is 43.9 Å². The molecule has 0 radical (unpaired) electrons. The van der Waals surface area contributed by atoms with E-state index in [9.17, 15) is 8.42 Å². The summed E-state index contributed by atoms with van der Waals surface area (Å²) < 4.78 is 28.9. The number of aryl methyl sites for hydroxylation is 1. The Morgan fingerprint density at radius 2 is 2.21 bits per heavy atom. The average Bonchev–Trinajstić information content (AvgIpc) is 3.02. The number of fused-ring (bicyclic) bond motifs is 2. The van der Waals surface area contributed by atoms with Crippen LogP contribution >= 0.6 is 0 Å². The van der Waals surface area contributed by atoms with Crippen molar-refractivity contribution in [3.05, 3.63) is 12.4 Å². The van der Waals surface area contributed by atoms with Gasteiger partial charge >= 0.3 is 0 Å². The number of sulfonamides is 1. The summed E-state index contributed by atoms with van der Waals surface area (Å²) in [6.45, 7) is 2.00. The zero-order valence-electron chi connectivity index (χ0n) is 11.4. The van der Waals surface area contributed by atoms with E-state index in [0.29, 0.717) is 5.92 Å². The highest BCUT2D eigenvalue weighted by Crippen LogP contribution is 2.49. The van der Waals surface area contributed by atoms with Crippen LogP contribution in [0.2, 0.25) is 0 Å². The summed E-state index contributed by atoms with van der Waals surface area (Å²) in [7, 11) is -1.71. The summed E-state index contributed by atoms with van der Waals surface area (Å²) in [4.78, 5) is 0.255. The molecule has 0 amide bonds. The second-order valence-corrected chi connectivity index (χ2v) is 7.81. The first-order valence-electron chi connectivity index (χ1n) is 6.96. The van der Waals surface area contributed by atoms with E-state index in [-0.39, 0.29) is 10.9 Å². The van der Waals surface area contributed by atoms with E-state index < -0.39 is 10.0 Å². The van der Waals surface area contributed by atoms with Crippen LogP contribution in [-0.4, -0.2) is 24.2 Å². The predicted octanol–water partition coefficient (Wildman–Crippen LogP) is 1.52. The molecule has 0 aliphatic heterocycles. The van der Waals surface area contributed by atoms with Crippen molar-refractivity contribution in [2.75, 3.05) is 0 Å². The molecule has 2 aliphatic carbocycles. The van der Waals surface area contributed by atoms with Gasteiger partial charge in [0.25, 0.3) is 0 Å². The summed E-state index contributed by atoms with van der Waals surface area (Å²) in [6, 6.07) is 0.0144. The molecule has 2 saturated carbocycles.